The SMILES string of the molecule is CCN1C(=O)N2Cc3cc(OC)cc(OC)c3[C@@H](C)C=C2C12CCN(C(=O)c1nccs1)CC2. The minimum Gasteiger partial charge on any atom is -0.497 e. The number of thiazole rings is 1. The maximum absolute atomic E-state index is 13.7. The lowest BCUT2D eigenvalue weighted by molar-refractivity contribution is 0.0575. The van der Waals surface area contributed by atoms with Gasteiger partial charge < -0.3 is 19.3 Å². The third-order valence-electron chi connectivity index (χ3n) is 7.40. The van der Waals surface area contributed by atoms with Gasteiger partial charge >= 0.3 is 6.03 Å². The molecule has 3 amide bonds. The number of fused-ring (bicyclic) bond motifs is 3. The number of hydrogen-bond acceptors (Lipinski definition) is 6. The lowest BCUT2D eigenvalue weighted by atomic mass is 9.82. The summed E-state index contributed by atoms with van der Waals surface area (Å²) in [6, 6.07) is 3.94. The standard InChI is InChI=1S/C25H30N4O4S/c1-5-29-24(31)28-15-17-13-18(32-3)14-19(33-4)21(17)16(2)12-20(28)25(29)6-9-27(10-7-25)23(30)22-26-8-11-34-22/h8,11-14,16H,5-7,9-10,15H2,1-4H3/t16-/m0/s1. The molecule has 1 atom stereocenters. The third kappa shape index (κ3) is 3.36. The van der Waals surface area contributed by atoms with Gasteiger partial charge in [0.2, 0.25) is 0 Å². The molecule has 2 saturated heterocycles. The highest BCUT2D eigenvalue weighted by Gasteiger charge is 2.55. The van der Waals surface area contributed by atoms with Gasteiger partial charge in [-0.05, 0) is 31.4 Å². The number of methoxy groups -OCH3 is 2. The van der Waals surface area contributed by atoms with Crippen molar-refractivity contribution < 1.29 is 19.1 Å². The van der Waals surface area contributed by atoms with E-state index in [9.17, 15) is 9.59 Å². The summed E-state index contributed by atoms with van der Waals surface area (Å²) < 4.78 is 11.2. The van der Waals surface area contributed by atoms with Crippen LogP contribution in [0.25, 0.3) is 0 Å². The summed E-state index contributed by atoms with van der Waals surface area (Å²) in [6.45, 7) is 6.45. The maximum atomic E-state index is 13.7. The number of amides is 3. The number of hydrogen-bond donors (Lipinski definition) is 0. The quantitative estimate of drug-likeness (QED) is 0.656. The summed E-state index contributed by atoms with van der Waals surface area (Å²) in [4.78, 5) is 36.5. The van der Waals surface area contributed by atoms with Crippen molar-refractivity contribution in [3.8, 4) is 11.5 Å². The molecular formula is C25H30N4O4S. The van der Waals surface area contributed by atoms with Crippen LogP contribution < -0.4 is 9.47 Å². The van der Waals surface area contributed by atoms with Crippen molar-refractivity contribution in [1.29, 1.82) is 0 Å². The summed E-state index contributed by atoms with van der Waals surface area (Å²) in [5, 5.41) is 2.34. The number of carbonyl (C=O) groups is 2. The number of carbonyl (C=O) groups excluding carboxylic acids is 2. The van der Waals surface area contributed by atoms with E-state index in [1.54, 1.807) is 20.4 Å². The Kier molecular flexibility index (Phi) is 5.75. The van der Waals surface area contributed by atoms with Crippen LogP contribution in [0.3, 0.4) is 0 Å². The molecule has 180 valence electrons. The molecule has 8 nitrogen and oxygen atoms in total. The van der Waals surface area contributed by atoms with Crippen LogP contribution in [0.5, 0.6) is 11.5 Å². The Balaban J connectivity index is 1.51. The van der Waals surface area contributed by atoms with Crippen molar-refractivity contribution in [3.05, 3.63) is 51.6 Å². The Morgan fingerprint density at radius 3 is 2.62 bits per heavy atom. The topological polar surface area (TPSA) is 75.2 Å². The second kappa shape index (κ2) is 8.61. The van der Waals surface area contributed by atoms with Crippen LogP contribution in [-0.4, -0.2) is 71.0 Å². The summed E-state index contributed by atoms with van der Waals surface area (Å²) in [7, 11) is 3.31. The fourth-order valence-corrected chi connectivity index (χ4v) is 6.41. The molecule has 9 heteroatoms. The number of allylic oxidation sites excluding steroid dienone is 1. The molecule has 1 aromatic carbocycles. The molecule has 0 N–H and O–H groups in total. The van der Waals surface area contributed by atoms with Crippen molar-refractivity contribution >= 4 is 23.3 Å². The average Bonchev–Trinajstić information content (AvgIpc) is 3.42. The molecule has 0 radical (unpaired) electrons. The summed E-state index contributed by atoms with van der Waals surface area (Å²) in [5.74, 6) is 1.53. The number of rotatable bonds is 4. The number of nitrogens with zero attached hydrogens (tertiary/aromatic N) is 4. The molecule has 0 aliphatic carbocycles. The number of likely N-dealkylation sites (N-methyl/N-ethyl adjacent to an activating group) is 1. The molecule has 3 aliphatic heterocycles. The molecule has 34 heavy (non-hydrogen) atoms. The molecule has 0 unspecified atom stereocenters. The van der Waals surface area contributed by atoms with Gasteiger partial charge in [0.15, 0.2) is 5.01 Å². The van der Waals surface area contributed by atoms with E-state index in [0.29, 0.717) is 49.8 Å². The number of benzene rings is 1. The van der Waals surface area contributed by atoms with E-state index in [4.69, 9.17) is 9.47 Å². The first-order valence-electron chi connectivity index (χ1n) is 11.7. The highest BCUT2D eigenvalue weighted by Crippen LogP contribution is 2.49. The van der Waals surface area contributed by atoms with Crippen molar-refractivity contribution in [2.45, 2.75) is 44.7 Å². The van der Waals surface area contributed by atoms with Crippen LogP contribution in [0.1, 0.15) is 53.5 Å². The number of aromatic nitrogens is 1. The Bertz CT molecular complexity index is 1140. The summed E-state index contributed by atoms with van der Waals surface area (Å²) in [6.07, 6.45) is 5.30. The molecule has 4 heterocycles. The van der Waals surface area contributed by atoms with Crippen LogP contribution in [-0.2, 0) is 6.54 Å². The van der Waals surface area contributed by atoms with E-state index in [-0.39, 0.29) is 17.9 Å². The Labute approximate surface area is 203 Å². The highest BCUT2D eigenvalue weighted by atomic mass is 32.1. The fraction of sp³-hybridized carbons (Fsp3) is 0.480. The van der Waals surface area contributed by atoms with Gasteiger partial charge in [0, 0.05) is 54.5 Å². The average molecular weight is 483 g/mol. The third-order valence-corrected chi connectivity index (χ3v) is 8.17. The lowest BCUT2D eigenvalue weighted by Gasteiger charge is -2.44. The lowest BCUT2D eigenvalue weighted by Crippen LogP contribution is -2.54. The Hall–Kier alpha value is -3.07. The molecule has 1 aromatic heterocycles. The Morgan fingerprint density at radius 1 is 1.24 bits per heavy atom. The van der Waals surface area contributed by atoms with Gasteiger partial charge in [-0.1, -0.05) is 13.0 Å². The first-order chi connectivity index (χ1) is 16.4. The van der Waals surface area contributed by atoms with Gasteiger partial charge in [0.05, 0.1) is 26.3 Å². The van der Waals surface area contributed by atoms with E-state index in [1.807, 2.05) is 39.1 Å². The minimum atomic E-state index is -0.418. The molecule has 0 bridgehead atoms. The molecule has 1 spiro atoms. The highest BCUT2D eigenvalue weighted by molar-refractivity contribution is 7.11. The Morgan fingerprint density at radius 2 is 2.00 bits per heavy atom. The van der Waals surface area contributed by atoms with Gasteiger partial charge in [0.1, 0.15) is 11.5 Å². The molecule has 2 aromatic rings. The van der Waals surface area contributed by atoms with Crippen molar-refractivity contribution in [1.82, 2.24) is 19.7 Å². The smallest absolute Gasteiger partial charge is 0.325 e. The minimum absolute atomic E-state index is 0.0234. The van der Waals surface area contributed by atoms with E-state index < -0.39 is 5.54 Å². The summed E-state index contributed by atoms with van der Waals surface area (Å²) in [5.41, 5.74) is 2.75. The maximum Gasteiger partial charge on any atom is 0.325 e. The van der Waals surface area contributed by atoms with E-state index >= 15 is 0 Å². The van der Waals surface area contributed by atoms with Crippen molar-refractivity contribution in [2.75, 3.05) is 33.9 Å². The second-order valence-corrected chi connectivity index (χ2v) is 9.91. The van der Waals surface area contributed by atoms with Gasteiger partial charge in [-0.15, -0.1) is 11.3 Å². The molecule has 0 saturated carbocycles. The van der Waals surface area contributed by atoms with Gasteiger partial charge in [-0.2, -0.15) is 0 Å². The molecule has 2 fully saturated rings. The number of ether oxygens (including phenoxy) is 2. The summed E-state index contributed by atoms with van der Waals surface area (Å²) >= 11 is 1.37. The molecular weight excluding hydrogens is 452 g/mol. The largest absolute Gasteiger partial charge is 0.497 e. The van der Waals surface area contributed by atoms with Gasteiger partial charge in [-0.3, -0.25) is 9.69 Å². The predicted octanol–water partition coefficient (Wildman–Crippen LogP) is 4.09. The monoisotopic (exact) mass is 482 g/mol. The first-order valence-corrected chi connectivity index (χ1v) is 12.6. The van der Waals surface area contributed by atoms with Crippen LogP contribution in [0.15, 0.2) is 35.5 Å². The van der Waals surface area contributed by atoms with E-state index in [1.165, 1.54) is 11.3 Å². The van der Waals surface area contributed by atoms with E-state index in [0.717, 1.165) is 22.6 Å². The number of piperidine rings is 1. The predicted molar refractivity (Wildman–Crippen MR) is 129 cm³/mol. The fourth-order valence-electron chi connectivity index (χ4n) is 5.81. The zero-order chi connectivity index (χ0) is 24.0. The van der Waals surface area contributed by atoms with Crippen LogP contribution in [0.2, 0.25) is 0 Å². The molecule has 5 rings (SSSR count). The van der Waals surface area contributed by atoms with Crippen molar-refractivity contribution in [2.24, 2.45) is 0 Å². The van der Waals surface area contributed by atoms with Crippen LogP contribution in [0, 0.1) is 0 Å². The second-order valence-electron chi connectivity index (χ2n) is 9.02. The number of urea groups is 1. The van der Waals surface area contributed by atoms with Crippen molar-refractivity contribution in [3.63, 3.8) is 0 Å². The van der Waals surface area contributed by atoms with Crippen LogP contribution in [0.4, 0.5) is 4.79 Å². The zero-order valence-corrected chi connectivity index (χ0v) is 20.9. The normalized spacial score (nSPS) is 21.2. The van der Waals surface area contributed by atoms with Crippen LogP contribution >= 0.6 is 11.3 Å². The molecule has 3 aliphatic rings. The number of likely N-dealkylation sites (tertiary alicyclic amines) is 1. The van der Waals surface area contributed by atoms with E-state index in [2.05, 4.69) is 18.0 Å². The van der Waals surface area contributed by atoms with Gasteiger partial charge in [-0.25, -0.2) is 9.78 Å². The first kappa shape index (κ1) is 22.7. The van der Waals surface area contributed by atoms with Gasteiger partial charge in [0.25, 0.3) is 5.91 Å². The zero-order valence-electron chi connectivity index (χ0n) is 20.0.